The largest absolute Gasteiger partial charge is 0.297 e. The molecule has 9 heavy (non-hydrogen) atoms. The minimum atomic E-state index is -0.676. The number of nitrogens with zero attached hydrogens (tertiary/aromatic N) is 1. The molecule has 0 aromatic heterocycles. The molecule has 1 rings (SSSR count). The van der Waals surface area contributed by atoms with Crippen LogP contribution in [0.25, 0.3) is 0 Å². The van der Waals surface area contributed by atoms with Crippen LogP contribution in [0.5, 0.6) is 0 Å². The molecule has 1 unspecified atom stereocenters. The Hall–Kier alpha value is -0.490. The van der Waals surface area contributed by atoms with Crippen molar-refractivity contribution in [2.75, 3.05) is 11.5 Å². The van der Waals surface area contributed by atoms with E-state index in [0.29, 0.717) is 11.5 Å². The lowest BCUT2D eigenvalue weighted by molar-refractivity contribution is -0.121. The summed E-state index contributed by atoms with van der Waals surface area (Å²) >= 11 is 1.54. The fraction of sp³-hybridized carbons (Fsp3) is 0.667. The van der Waals surface area contributed by atoms with Crippen molar-refractivity contribution in [1.82, 2.24) is 0 Å². The topological polar surface area (TPSA) is 40.9 Å². The van der Waals surface area contributed by atoms with Crippen LogP contribution in [0, 0.1) is 16.7 Å². The molecule has 1 saturated heterocycles. The lowest BCUT2D eigenvalue weighted by atomic mass is 9.91. The highest BCUT2D eigenvalue weighted by Gasteiger charge is 2.37. The maximum absolute atomic E-state index is 10.9. The van der Waals surface area contributed by atoms with E-state index in [1.807, 2.05) is 6.07 Å². The van der Waals surface area contributed by atoms with Crippen molar-refractivity contribution in [1.29, 1.82) is 5.26 Å². The molecule has 1 aliphatic rings. The Labute approximate surface area is 58.2 Å². The number of thioether (sulfide) groups is 1. The van der Waals surface area contributed by atoms with Crippen LogP contribution in [0.2, 0.25) is 0 Å². The molecular formula is C6H7NOS. The summed E-state index contributed by atoms with van der Waals surface area (Å²) in [6.45, 7) is 1.70. The third-order valence-corrected chi connectivity index (χ3v) is 2.73. The Morgan fingerprint density at radius 3 is 2.78 bits per heavy atom. The van der Waals surface area contributed by atoms with Gasteiger partial charge < -0.3 is 0 Å². The highest BCUT2D eigenvalue weighted by atomic mass is 32.2. The molecule has 0 saturated carbocycles. The van der Waals surface area contributed by atoms with Crippen molar-refractivity contribution in [2.24, 2.45) is 5.41 Å². The monoisotopic (exact) mass is 141 g/mol. The van der Waals surface area contributed by atoms with Gasteiger partial charge in [-0.25, -0.2) is 0 Å². The first-order valence-corrected chi connectivity index (χ1v) is 3.87. The standard InChI is InChI=1S/C6H7NOS/c1-6(3-7)4-9-2-5(6)8/h2,4H2,1H3. The van der Waals surface area contributed by atoms with E-state index in [9.17, 15) is 4.79 Å². The third kappa shape index (κ3) is 0.948. The normalized spacial score (nSPS) is 34.4. The molecule has 0 radical (unpaired) electrons. The molecule has 0 bridgehead atoms. The molecule has 0 aliphatic carbocycles. The molecule has 1 aliphatic heterocycles. The summed E-state index contributed by atoms with van der Waals surface area (Å²) in [6.07, 6.45) is 0. The SMILES string of the molecule is CC1(C#N)CSCC1=O. The summed E-state index contributed by atoms with van der Waals surface area (Å²) in [5.41, 5.74) is -0.676. The zero-order chi connectivity index (χ0) is 6.91. The van der Waals surface area contributed by atoms with Gasteiger partial charge in [-0.05, 0) is 6.92 Å². The fourth-order valence-corrected chi connectivity index (χ4v) is 1.92. The van der Waals surface area contributed by atoms with Crippen molar-refractivity contribution < 1.29 is 4.79 Å². The first-order valence-electron chi connectivity index (χ1n) is 2.71. The van der Waals surface area contributed by atoms with Crippen molar-refractivity contribution in [3.05, 3.63) is 0 Å². The zero-order valence-electron chi connectivity index (χ0n) is 5.18. The fourth-order valence-electron chi connectivity index (χ4n) is 0.682. The van der Waals surface area contributed by atoms with Gasteiger partial charge in [-0.2, -0.15) is 17.0 Å². The minimum Gasteiger partial charge on any atom is -0.297 e. The van der Waals surface area contributed by atoms with E-state index in [1.165, 1.54) is 0 Å². The van der Waals surface area contributed by atoms with Gasteiger partial charge in [0.1, 0.15) is 5.41 Å². The van der Waals surface area contributed by atoms with Gasteiger partial charge in [-0.3, -0.25) is 4.79 Å². The first-order chi connectivity index (χ1) is 4.19. The molecule has 0 spiro atoms. The van der Waals surface area contributed by atoms with E-state index in [4.69, 9.17) is 5.26 Å². The number of hydrogen-bond donors (Lipinski definition) is 0. The summed E-state index contributed by atoms with van der Waals surface area (Å²) in [5.74, 6) is 1.27. The summed E-state index contributed by atoms with van der Waals surface area (Å²) in [5, 5.41) is 8.51. The molecule has 0 amide bonds. The second-order valence-electron chi connectivity index (χ2n) is 2.36. The summed E-state index contributed by atoms with van der Waals surface area (Å²) in [6, 6.07) is 2.02. The van der Waals surface area contributed by atoms with Crippen LogP contribution in [0.15, 0.2) is 0 Å². The molecule has 0 N–H and O–H groups in total. The summed E-state index contributed by atoms with van der Waals surface area (Å²) in [7, 11) is 0. The van der Waals surface area contributed by atoms with Crippen molar-refractivity contribution in [2.45, 2.75) is 6.92 Å². The number of rotatable bonds is 0. The average molecular weight is 141 g/mol. The number of carbonyl (C=O) groups excluding carboxylic acids is 1. The van der Waals surface area contributed by atoms with Crippen LogP contribution in [-0.2, 0) is 4.79 Å². The van der Waals surface area contributed by atoms with Crippen molar-refractivity contribution in [3.8, 4) is 6.07 Å². The quantitative estimate of drug-likeness (QED) is 0.501. The van der Waals surface area contributed by atoms with Gasteiger partial charge >= 0.3 is 0 Å². The van der Waals surface area contributed by atoms with Gasteiger partial charge in [0.15, 0.2) is 5.78 Å². The van der Waals surface area contributed by atoms with E-state index in [2.05, 4.69) is 0 Å². The second kappa shape index (κ2) is 2.03. The Balaban J connectivity index is 2.82. The van der Waals surface area contributed by atoms with Crippen molar-refractivity contribution >= 4 is 17.5 Å². The van der Waals surface area contributed by atoms with Crippen LogP contribution in [0.1, 0.15) is 6.92 Å². The van der Waals surface area contributed by atoms with Crippen LogP contribution in [0.4, 0.5) is 0 Å². The van der Waals surface area contributed by atoms with Gasteiger partial charge in [-0.15, -0.1) is 0 Å². The summed E-state index contributed by atoms with van der Waals surface area (Å²) in [4.78, 5) is 10.9. The highest BCUT2D eigenvalue weighted by molar-refractivity contribution is 8.00. The maximum Gasteiger partial charge on any atom is 0.163 e. The Morgan fingerprint density at radius 1 is 1.89 bits per heavy atom. The molecule has 48 valence electrons. The molecule has 1 heterocycles. The summed E-state index contributed by atoms with van der Waals surface area (Å²) < 4.78 is 0. The molecule has 2 nitrogen and oxygen atoms in total. The maximum atomic E-state index is 10.9. The van der Waals surface area contributed by atoms with E-state index < -0.39 is 5.41 Å². The molecule has 0 aromatic rings. The Kier molecular flexibility index (Phi) is 1.50. The second-order valence-corrected chi connectivity index (χ2v) is 3.35. The Morgan fingerprint density at radius 2 is 2.56 bits per heavy atom. The molecule has 0 aromatic carbocycles. The molecule has 1 fully saturated rings. The lowest BCUT2D eigenvalue weighted by Gasteiger charge is -2.07. The van der Waals surface area contributed by atoms with Crippen LogP contribution in [-0.4, -0.2) is 17.3 Å². The number of nitriles is 1. The molecular weight excluding hydrogens is 134 g/mol. The van der Waals surface area contributed by atoms with Gasteiger partial charge in [0.25, 0.3) is 0 Å². The van der Waals surface area contributed by atoms with Crippen LogP contribution in [0.3, 0.4) is 0 Å². The molecule has 1 atom stereocenters. The molecule has 3 heteroatoms. The smallest absolute Gasteiger partial charge is 0.163 e. The van der Waals surface area contributed by atoms with Crippen LogP contribution >= 0.6 is 11.8 Å². The lowest BCUT2D eigenvalue weighted by Crippen LogP contribution is -2.23. The van der Waals surface area contributed by atoms with E-state index in [0.717, 1.165) is 0 Å². The van der Waals surface area contributed by atoms with E-state index in [-0.39, 0.29) is 5.78 Å². The third-order valence-electron chi connectivity index (χ3n) is 1.49. The Bertz CT molecular complexity index is 184. The van der Waals surface area contributed by atoms with E-state index in [1.54, 1.807) is 18.7 Å². The number of carbonyl (C=O) groups is 1. The zero-order valence-corrected chi connectivity index (χ0v) is 5.99. The van der Waals surface area contributed by atoms with Gasteiger partial charge in [-0.1, -0.05) is 0 Å². The van der Waals surface area contributed by atoms with Gasteiger partial charge in [0.2, 0.25) is 0 Å². The average Bonchev–Trinajstić information content (AvgIpc) is 2.15. The predicted molar refractivity (Wildman–Crippen MR) is 36.1 cm³/mol. The number of Topliss-reactive ketones (excluding diaryl/α,β-unsaturated/α-hetero) is 1. The van der Waals surface area contributed by atoms with Crippen molar-refractivity contribution in [3.63, 3.8) is 0 Å². The van der Waals surface area contributed by atoms with E-state index >= 15 is 0 Å². The van der Waals surface area contributed by atoms with Gasteiger partial charge in [0, 0.05) is 5.75 Å². The van der Waals surface area contributed by atoms with Crippen LogP contribution < -0.4 is 0 Å². The first kappa shape index (κ1) is 6.63. The van der Waals surface area contributed by atoms with Gasteiger partial charge in [0.05, 0.1) is 11.8 Å². The predicted octanol–water partition coefficient (Wildman–Crippen LogP) is 0.832. The number of hydrogen-bond acceptors (Lipinski definition) is 3. The minimum absolute atomic E-state index is 0.0787. The highest BCUT2D eigenvalue weighted by Crippen LogP contribution is 2.30. The number of ketones is 1.